The van der Waals surface area contributed by atoms with Crippen molar-refractivity contribution >= 4 is 39.2 Å². The topological polar surface area (TPSA) is 50.2 Å². The SMILES string of the molecule is CN(Cc1ccccc1Br)C(=O)Nc1ccc(-n2cccn2)c(Cl)c1. The summed E-state index contributed by atoms with van der Waals surface area (Å²) in [6.45, 7) is 0.492. The second kappa shape index (κ2) is 7.72. The minimum Gasteiger partial charge on any atom is -0.323 e. The molecule has 3 rings (SSSR count). The largest absolute Gasteiger partial charge is 0.323 e. The molecule has 25 heavy (non-hydrogen) atoms. The first-order valence-corrected chi connectivity index (χ1v) is 8.77. The lowest BCUT2D eigenvalue weighted by atomic mass is 10.2. The molecule has 0 aliphatic carbocycles. The molecule has 0 aliphatic rings. The molecule has 5 nitrogen and oxygen atoms in total. The van der Waals surface area contributed by atoms with Gasteiger partial charge < -0.3 is 10.2 Å². The maximum absolute atomic E-state index is 12.4. The van der Waals surface area contributed by atoms with Gasteiger partial charge in [0.25, 0.3) is 0 Å². The van der Waals surface area contributed by atoms with E-state index < -0.39 is 0 Å². The van der Waals surface area contributed by atoms with Gasteiger partial charge in [-0.25, -0.2) is 9.48 Å². The normalized spacial score (nSPS) is 10.5. The number of halogens is 2. The summed E-state index contributed by atoms with van der Waals surface area (Å²) in [6.07, 6.45) is 3.49. The molecule has 128 valence electrons. The number of benzene rings is 2. The Labute approximate surface area is 159 Å². The van der Waals surface area contributed by atoms with E-state index in [0.717, 1.165) is 15.7 Å². The summed E-state index contributed by atoms with van der Waals surface area (Å²) < 4.78 is 2.65. The molecule has 1 N–H and O–H groups in total. The van der Waals surface area contributed by atoms with Gasteiger partial charge in [-0.3, -0.25) is 0 Å². The zero-order chi connectivity index (χ0) is 17.8. The number of carbonyl (C=O) groups is 1. The molecular formula is C18H16BrClN4O. The predicted molar refractivity (Wildman–Crippen MR) is 103 cm³/mol. The van der Waals surface area contributed by atoms with Gasteiger partial charge in [0.1, 0.15) is 0 Å². The quantitative estimate of drug-likeness (QED) is 0.650. The lowest BCUT2D eigenvalue weighted by Crippen LogP contribution is -2.30. The first-order valence-electron chi connectivity index (χ1n) is 7.59. The molecular weight excluding hydrogens is 404 g/mol. The Hall–Kier alpha value is -2.31. The number of hydrogen-bond donors (Lipinski definition) is 1. The average molecular weight is 420 g/mol. The van der Waals surface area contributed by atoms with Crippen LogP contribution in [0.1, 0.15) is 5.56 Å². The van der Waals surface area contributed by atoms with Crippen molar-refractivity contribution in [1.82, 2.24) is 14.7 Å². The Bertz CT molecular complexity index is 883. The summed E-state index contributed by atoms with van der Waals surface area (Å²) in [5.74, 6) is 0. The fourth-order valence-electron chi connectivity index (χ4n) is 2.35. The highest BCUT2D eigenvalue weighted by molar-refractivity contribution is 9.10. The fourth-order valence-corrected chi connectivity index (χ4v) is 3.03. The van der Waals surface area contributed by atoms with E-state index in [1.807, 2.05) is 42.6 Å². The molecule has 0 unspecified atom stereocenters. The summed E-state index contributed by atoms with van der Waals surface area (Å²) >= 11 is 9.80. The minimum atomic E-state index is -0.210. The highest BCUT2D eigenvalue weighted by Crippen LogP contribution is 2.24. The molecule has 3 aromatic rings. The molecule has 2 amide bonds. The van der Waals surface area contributed by atoms with Gasteiger partial charge in [0, 0.05) is 36.1 Å². The molecule has 1 heterocycles. The van der Waals surface area contributed by atoms with Gasteiger partial charge in [0.05, 0.1) is 10.7 Å². The van der Waals surface area contributed by atoms with Crippen LogP contribution in [0.15, 0.2) is 65.4 Å². The van der Waals surface area contributed by atoms with Crippen molar-refractivity contribution in [1.29, 1.82) is 0 Å². The number of carbonyl (C=O) groups excluding carboxylic acids is 1. The van der Waals surface area contributed by atoms with Crippen molar-refractivity contribution in [2.45, 2.75) is 6.54 Å². The van der Waals surface area contributed by atoms with Crippen LogP contribution in [0.5, 0.6) is 0 Å². The third-order valence-electron chi connectivity index (χ3n) is 3.66. The van der Waals surface area contributed by atoms with Crippen LogP contribution < -0.4 is 5.32 Å². The second-order valence-electron chi connectivity index (χ2n) is 5.49. The molecule has 1 aromatic heterocycles. The summed E-state index contributed by atoms with van der Waals surface area (Å²) in [5.41, 5.74) is 2.42. The van der Waals surface area contributed by atoms with Gasteiger partial charge >= 0.3 is 6.03 Å². The Balaban J connectivity index is 1.68. The van der Waals surface area contributed by atoms with Gasteiger partial charge in [0.2, 0.25) is 0 Å². The second-order valence-corrected chi connectivity index (χ2v) is 6.76. The van der Waals surface area contributed by atoms with Crippen molar-refractivity contribution in [3.05, 3.63) is 76.0 Å². The van der Waals surface area contributed by atoms with Gasteiger partial charge in [-0.05, 0) is 35.9 Å². The lowest BCUT2D eigenvalue weighted by Gasteiger charge is -2.19. The monoisotopic (exact) mass is 418 g/mol. The van der Waals surface area contributed by atoms with Crippen molar-refractivity contribution in [3.8, 4) is 5.69 Å². The first kappa shape index (κ1) is 17.5. The number of rotatable bonds is 4. The average Bonchev–Trinajstić information content (AvgIpc) is 3.11. The number of nitrogens with one attached hydrogen (secondary N) is 1. The minimum absolute atomic E-state index is 0.210. The highest BCUT2D eigenvalue weighted by atomic mass is 79.9. The molecule has 0 atom stereocenters. The van der Waals surface area contributed by atoms with Crippen molar-refractivity contribution in [3.63, 3.8) is 0 Å². The Morgan fingerprint density at radius 2 is 2.08 bits per heavy atom. The van der Waals surface area contributed by atoms with Crippen LogP contribution in [-0.4, -0.2) is 27.8 Å². The van der Waals surface area contributed by atoms with E-state index in [4.69, 9.17) is 11.6 Å². The maximum Gasteiger partial charge on any atom is 0.321 e. The zero-order valence-electron chi connectivity index (χ0n) is 13.5. The molecule has 2 aromatic carbocycles. The summed E-state index contributed by atoms with van der Waals surface area (Å²) in [4.78, 5) is 14.0. The number of nitrogens with zero attached hydrogens (tertiary/aromatic N) is 3. The number of urea groups is 1. The van der Waals surface area contributed by atoms with E-state index in [9.17, 15) is 4.79 Å². The molecule has 0 aliphatic heterocycles. The van der Waals surface area contributed by atoms with Gasteiger partial charge in [-0.1, -0.05) is 45.7 Å². The van der Waals surface area contributed by atoms with Crippen LogP contribution in [0.25, 0.3) is 5.69 Å². The van der Waals surface area contributed by atoms with Gasteiger partial charge in [0.15, 0.2) is 0 Å². The smallest absolute Gasteiger partial charge is 0.321 e. The van der Waals surface area contributed by atoms with Crippen LogP contribution >= 0.6 is 27.5 Å². The summed E-state index contributed by atoms with van der Waals surface area (Å²) in [6, 6.07) is 14.8. The molecule has 0 fully saturated rings. The lowest BCUT2D eigenvalue weighted by molar-refractivity contribution is 0.220. The molecule has 0 radical (unpaired) electrons. The van der Waals surface area contributed by atoms with Gasteiger partial charge in [-0.15, -0.1) is 0 Å². The molecule has 7 heteroatoms. The van der Waals surface area contributed by atoms with E-state index >= 15 is 0 Å². The van der Waals surface area contributed by atoms with Crippen molar-refractivity contribution in [2.75, 3.05) is 12.4 Å². The van der Waals surface area contributed by atoms with Crippen LogP contribution in [0.4, 0.5) is 10.5 Å². The summed E-state index contributed by atoms with van der Waals surface area (Å²) in [7, 11) is 1.74. The van der Waals surface area contributed by atoms with Crippen molar-refractivity contribution in [2.24, 2.45) is 0 Å². The number of hydrogen-bond acceptors (Lipinski definition) is 2. The van der Waals surface area contributed by atoms with E-state index in [-0.39, 0.29) is 6.03 Å². The molecule has 0 spiro atoms. The maximum atomic E-state index is 12.4. The Morgan fingerprint density at radius 1 is 1.28 bits per heavy atom. The zero-order valence-corrected chi connectivity index (χ0v) is 15.8. The fraction of sp³-hybridized carbons (Fsp3) is 0.111. The highest BCUT2D eigenvalue weighted by Gasteiger charge is 2.12. The van der Waals surface area contributed by atoms with Crippen LogP contribution in [0.3, 0.4) is 0 Å². The van der Waals surface area contributed by atoms with E-state index in [2.05, 4.69) is 26.3 Å². The van der Waals surface area contributed by atoms with Gasteiger partial charge in [-0.2, -0.15) is 5.10 Å². The van der Waals surface area contributed by atoms with Crippen LogP contribution in [-0.2, 0) is 6.54 Å². The third-order valence-corrected chi connectivity index (χ3v) is 4.74. The number of anilines is 1. The van der Waals surface area contributed by atoms with E-state index in [1.54, 1.807) is 35.0 Å². The van der Waals surface area contributed by atoms with E-state index in [0.29, 0.717) is 17.3 Å². The Kier molecular flexibility index (Phi) is 5.40. The standard InChI is InChI=1S/C18H16BrClN4O/c1-23(12-13-5-2-3-6-15(13)19)18(25)22-14-7-8-17(16(20)11-14)24-10-4-9-21-24/h2-11H,12H2,1H3,(H,22,25). The predicted octanol–water partition coefficient (Wildman–Crippen LogP) is 4.95. The van der Waals surface area contributed by atoms with Crippen LogP contribution in [0, 0.1) is 0 Å². The molecule has 0 bridgehead atoms. The third kappa shape index (κ3) is 4.21. The number of aromatic nitrogens is 2. The summed E-state index contributed by atoms with van der Waals surface area (Å²) in [5, 5.41) is 7.51. The van der Waals surface area contributed by atoms with Crippen molar-refractivity contribution < 1.29 is 4.79 Å². The number of amides is 2. The van der Waals surface area contributed by atoms with E-state index in [1.165, 1.54) is 0 Å². The van der Waals surface area contributed by atoms with Crippen LogP contribution in [0.2, 0.25) is 5.02 Å². The molecule has 0 saturated carbocycles. The Morgan fingerprint density at radius 3 is 2.76 bits per heavy atom. The molecule has 0 saturated heterocycles. The first-order chi connectivity index (χ1) is 12.0.